The summed E-state index contributed by atoms with van der Waals surface area (Å²) in [5.41, 5.74) is 1.04. The number of hydrogen-bond acceptors (Lipinski definition) is 3. The number of amides is 3. The van der Waals surface area contributed by atoms with Gasteiger partial charge in [-0.3, -0.25) is 19.3 Å². The third-order valence-corrected chi connectivity index (χ3v) is 6.04. The first-order valence-electron chi connectivity index (χ1n) is 9.41. The SMILES string of the molecule is CC[C@H](NC(=O)CCN1C(=O)[C@H]2CCCC[C@H]2C1=O)c1ccc(Br)cc1. The van der Waals surface area contributed by atoms with E-state index in [1.807, 2.05) is 31.2 Å². The lowest BCUT2D eigenvalue weighted by atomic mass is 9.81. The molecule has 1 aromatic carbocycles. The Bertz CT molecular complexity index is 665. The maximum atomic E-state index is 12.5. The van der Waals surface area contributed by atoms with E-state index in [1.165, 1.54) is 4.90 Å². The molecule has 1 N–H and O–H groups in total. The lowest BCUT2D eigenvalue weighted by molar-refractivity contribution is -0.140. The summed E-state index contributed by atoms with van der Waals surface area (Å²) in [5, 5.41) is 3.02. The molecule has 26 heavy (non-hydrogen) atoms. The Kier molecular flexibility index (Phi) is 6.12. The zero-order chi connectivity index (χ0) is 18.7. The number of hydrogen-bond donors (Lipinski definition) is 1. The number of imide groups is 1. The Labute approximate surface area is 162 Å². The number of rotatable bonds is 6. The minimum atomic E-state index is -0.148. The molecule has 6 heteroatoms. The Hall–Kier alpha value is -1.69. The van der Waals surface area contributed by atoms with Gasteiger partial charge in [0.15, 0.2) is 0 Å². The summed E-state index contributed by atoms with van der Waals surface area (Å²) in [7, 11) is 0. The number of likely N-dealkylation sites (tertiary alicyclic amines) is 1. The predicted octanol–water partition coefficient (Wildman–Crippen LogP) is 3.58. The standard InChI is InChI=1S/C20H25BrN2O3/c1-2-17(13-7-9-14(21)10-8-13)22-18(24)11-12-23-19(25)15-5-3-4-6-16(15)20(23)26/h7-10,15-17H,2-6,11-12H2,1H3,(H,22,24)/t15-,16+,17-/m0/s1. The lowest BCUT2D eigenvalue weighted by Gasteiger charge is -2.19. The number of nitrogens with zero attached hydrogens (tertiary/aromatic N) is 1. The van der Waals surface area contributed by atoms with Crippen LogP contribution in [0.3, 0.4) is 0 Å². The van der Waals surface area contributed by atoms with Crippen LogP contribution in [0.5, 0.6) is 0 Å². The molecule has 1 saturated heterocycles. The van der Waals surface area contributed by atoms with Crippen molar-refractivity contribution in [1.82, 2.24) is 10.2 Å². The number of carbonyl (C=O) groups excluding carboxylic acids is 3. The van der Waals surface area contributed by atoms with E-state index in [0.29, 0.717) is 0 Å². The number of fused-ring (bicyclic) bond motifs is 1. The number of benzene rings is 1. The maximum Gasteiger partial charge on any atom is 0.233 e. The molecule has 2 aliphatic rings. The normalized spacial score (nSPS) is 23.7. The first-order chi connectivity index (χ1) is 12.5. The molecular weight excluding hydrogens is 396 g/mol. The lowest BCUT2D eigenvalue weighted by Crippen LogP contribution is -2.36. The van der Waals surface area contributed by atoms with Gasteiger partial charge in [0.1, 0.15) is 0 Å². The molecule has 1 aliphatic heterocycles. The third-order valence-electron chi connectivity index (χ3n) is 5.51. The van der Waals surface area contributed by atoms with Gasteiger partial charge in [-0.05, 0) is 37.0 Å². The van der Waals surface area contributed by atoms with Crippen LogP contribution in [0.1, 0.15) is 57.1 Å². The van der Waals surface area contributed by atoms with Gasteiger partial charge < -0.3 is 5.32 Å². The second-order valence-electron chi connectivity index (χ2n) is 7.16. The van der Waals surface area contributed by atoms with Crippen molar-refractivity contribution in [2.24, 2.45) is 11.8 Å². The molecule has 1 saturated carbocycles. The van der Waals surface area contributed by atoms with Gasteiger partial charge >= 0.3 is 0 Å². The van der Waals surface area contributed by atoms with Gasteiger partial charge in [0, 0.05) is 17.4 Å². The molecule has 0 spiro atoms. The monoisotopic (exact) mass is 420 g/mol. The molecule has 5 nitrogen and oxygen atoms in total. The van der Waals surface area contributed by atoms with Crippen molar-refractivity contribution in [2.75, 3.05) is 6.54 Å². The van der Waals surface area contributed by atoms with Crippen molar-refractivity contribution in [3.8, 4) is 0 Å². The molecule has 3 atom stereocenters. The maximum absolute atomic E-state index is 12.5. The molecule has 140 valence electrons. The highest BCUT2D eigenvalue weighted by atomic mass is 79.9. The third kappa shape index (κ3) is 4.00. The van der Waals surface area contributed by atoms with Crippen molar-refractivity contribution in [3.05, 3.63) is 34.3 Å². The minimum absolute atomic E-state index is 0.0665. The summed E-state index contributed by atoms with van der Waals surface area (Å²) in [6.07, 6.45) is 4.57. The molecular formula is C20H25BrN2O3. The van der Waals surface area contributed by atoms with E-state index in [2.05, 4.69) is 21.2 Å². The van der Waals surface area contributed by atoms with Crippen molar-refractivity contribution >= 4 is 33.7 Å². The number of carbonyl (C=O) groups is 3. The fourth-order valence-electron chi connectivity index (χ4n) is 4.05. The zero-order valence-electron chi connectivity index (χ0n) is 15.0. The quantitative estimate of drug-likeness (QED) is 0.715. The van der Waals surface area contributed by atoms with E-state index >= 15 is 0 Å². The Morgan fingerprint density at radius 2 is 1.73 bits per heavy atom. The summed E-state index contributed by atoms with van der Waals surface area (Å²) in [6.45, 7) is 2.21. The van der Waals surface area contributed by atoms with Crippen LogP contribution < -0.4 is 5.32 Å². The zero-order valence-corrected chi connectivity index (χ0v) is 16.6. The minimum Gasteiger partial charge on any atom is -0.349 e. The second-order valence-corrected chi connectivity index (χ2v) is 8.07. The summed E-state index contributed by atoms with van der Waals surface area (Å²) in [4.78, 5) is 38.6. The topological polar surface area (TPSA) is 66.5 Å². The van der Waals surface area contributed by atoms with Crippen LogP contribution in [0.2, 0.25) is 0 Å². The van der Waals surface area contributed by atoms with E-state index in [-0.39, 0.29) is 48.6 Å². The highest BCUT2D eigenvalue weighted by Gasteiger charge is 2.47. The van der Waals surface area contributed by atoms with Crippen LogP contribution in [-0.2, 0) is 14.4 Å². The molecule has 0 radical (unpaired) electrons. The molecule has 3 amide bonds. The van der Waals surface area contributed by atoms with Gasteiger partial charge in [-0.15, -0.1) is 0 Å². The summed E-state index contributed by atoms with van der Waals surface area (Å²) in [5.74, 6) is -0.578. The molecule has 1 aromatic rings. The Morgan fingerprint density at radius 1 is 1.15 bits per heavy atom. The molecule has 2 fully saturated rings. The van der Waals surface area contributed by atoms with Gasteiger partial charge in [-0.2, -0.15) is 0 Å². The second kappa shape index (κ2) is 8.33. The first kappa shape index (κ1) is 19.1. The van der Waals surface area contributed by atoms with Crippen molar-refractivity contribution in [3.63, 3.8) is 0 Å². The van der Waals surface area contributed by atoms with Crippen LogP contribution in [0.25, 0.3) is 0 Å². The van der Waals surface area contributed by atoms with Crippen molar-refractivity contribution in [2.45, 2.75) is 51.5 Å². The van der Waals surface area contributed by atoms with Crippen LogP contribution in [-0.4, -0.2) is 29.2 Å². The van der Waals surface area contributed by atoms with Gasteiger partial charge in [-0.1, -0.05) is 47.8 Å². The van der Waals surface area contributed by atoms with Crippen LogP contribution in [0.4, 0.5) is 0 Å². The highest BCUT2D eigenvalue weighted by Crippen LogP contribution is 2.38. The summed E-state index contributed by atoms with van der Waals surface area (Å²) < 4.78 is 0.995. The van der Waals surface area contributed by atoms with E-state index < -0.39 is 0 Å². The largest absolute Gasteiger partial charge is 0.349 e. The Balaban J connectivity index is 1.55. The van der Waals surface area contributed by atoms with E-state index in [4.69, 9.17) is 0 Å². The van der Waals surface area contributed by atoms with E-state index in [1.54, 1.807) is 0 Å². The van der Waals surface area contributed by atoms with Gasteiger partial charge in [0.05, 0.1) is 17.9 Å². The average molecular weight is 421 g/mol. The molecule has 0 bridgehead atoms. The fourth-order valence-corrected chi connectivity index (χ4v) is 4.31. The van der Waals surface area contributed by atoms with Gasteiger partial charge in [-0.25, -0.2) is 0 Å². The molecule has 0 aromatic heterocycles. The van der Waals surface area contributed by atoms with Gasteiger partial charge in [0.25, 0.3) is 0 Å². The predicted molar refractivity (Wildman–Crippen MR) is 102 cm³/mol. The highest BCUT2D eigenvalue weighted by molar-refractivity contribution is 9.10. The average Bonchev–Trinajstić information content (AvgIpc) is 2.90. The molecule has 0 unspecified atom stereocenters. The Morgan fingerprint density at radius 3 is 2.27 bits per heavy atom. The molecule has 1 aliphatic carbocycles. The van der Waals surface area contributed by atoms with Crippen molar-refractivity contribution < 1.29 is 14.4 Å². The van der Waals surface area contributed by atoms with Gasteiger partial charge in [0.2, 0.25) is 17.7 Å². The smallest absolute Gasteiger partial charge is 0.233 e. The number of nitrogens with one attached hydrogen (secondary N) is 1. The van der Waals surface area contributed by atoms with Crippen LogP contribution >= 0.6 is 15.9 Å². The van der Waals surface area contributed by atoms with E-state index in [0.717, 1.165) is 42.1 Å². The summed E-state index contributed by atoms with van der Waals surface area (Å²) >= 11 is 3.41. The first-order valence-corrected chi connectivity index (χ1v) is 10.2. The van der Waals surface area contributed by atoms with E-state index in [9.17, 15) is 14.4 Å². The fraction of sp³-hybridized carbons (Fsp3) is 0.550. The number of halogens is 1. The van der Waals surface area contributed by atoms with Crippen LogP contribution in [0, 0.1) is 11.8 Å². The van der Waals surface area contributed by atoms with Crippen LogP contribution in [0.15, 0.2) is 28.7 Å². The molecule has 3 rings (SSSR count). The molecule has 1 heterocycles. The van der Waals surface area contributed by atoms with Crippen molar-refractivity contribution in [1.29, 1.82) is 0 Å². The summed E-state index contributed by atoms with van der Waals surface area (Å²) in [6, 6.07) is 7.80.